The van der Waals surface area contributed by atoms with Crippen molar-refractivity contribution >= 4 is 38.1 Å². The summed E-state index contributed by atoms with van der Waals surface area (Å²) in [4.78, 5) is 12.7. The van der Waals surface area contributed by atoms with Crippen molar-refractivity contribution < 1.29 is 13.2 Å². The molecule has 0 saturated carbocycles. The van der Waals surface area contributed by atoms with Crippen molar-refractivity contribution in [3.8, 4) is 0 Å². The Hall–Kier alpha value is -2.86. The van der Waals surface area contributed by atoms with Crippen LogP contribution in [0.3, 0.4) is 0 Å². The molecule has 0 bridgehead atoms. The van der Waals surface area contributed by atoms with Crippen LogP contribution in [0, 0.1) is 0 Å². The zero-order chi connectivity index (χ0) is 18.9. The van der Waals surface area contributed by atoms with Gasteiger partial charge in [0.2, 0.25) is 10.0 Å². The van der Waals surface area contributed by atoms with Crippen LogP contribution in [0.15, 0.2) is 66.7 Å². The van der Waals surface area contributed by atoms with E-state index in [1.54, 1.807) is 30.3 Å². The minimum Gasteiger partial charge on any atom is -0.322 e. The lowest BCUT2D eigenvalue weighted by Gasteiger charge is -2.28. The van der Waals surface area contributed by atoms with E-state index in [4.69, 9.17) is 0 Å². The van der Waals surface area contributed by atoms with E-state index in [0.29, 0.717) is 29.9 Å². The number of amides is 1. The Balaban J connectivity index is 1.55. The van der Waals surface area contributed by atoms with Crippen molar-refractivity contribution in [2.45, 2.75) is 12.8 Å². The molecule has 0 atom stereocenters. The van der Waals surface area contributed by atoms with E-state index in [1.165, 1.54) is 4.31 Å². The molecule has 27 heavy (non-hydrogen) atoms. The summed E-state index contributed by atoms with van der Waals surface area (Å²) < 4.78 is 25.9. The maximum atomic E-state index is 12.7. The number of fused-ring (bicyclic) bond motifs is 1. The molecule has 1 fully saturated rings. The van der Waals surface area contributed by atoms with E-state index in [0.717, 1.165) is 17.2 Å². The monoisotopic (exact) mass is 380 g/mol. The second kappa shape index (κ2) is 7.04. The smallest absolute Gasteiger partial charge is 0.256 e. The molecule has 138 valence electrons. The highest BCUT2D eigenvalue weighted by molar-refractivity contribution is 7.92. The Labute approximate surface area is 158 Å². The summed E-state index contributed by atoms with van der Waals surface area (Å²) in [5, 5.41) is 4.80. The van der Waals surface area contributed by atoms with E-state index in [-0.39, 0.29) is 11.7 Å². The average molecular weight is 380 g/mol. The van der Waals surface area contributed by atoms with Crippen LogP contribution < -0.4 is 9.62 Å². The third kappa shape index (κ3) is 3.53. The number of sulfonamides is 1. The van der Waals surface area contributed by atoms with Gasteiger partial charge in [-0.15, -0.1) is 0 Å². The Bertz CT molecular complexity index is 1090. The molecule has 1 saturated heterocycles. The molecule has 1 heterocycles. The topological polar surface area (TPSA) is 66.5 Å². The first-order valence-corrected chi connectivity index (χ1v) is 10.6. The van der Waals surface area contributed by atoms with Crippen LogP contribution in [0.4, 0.5) is 11.4 Å². The third-order valence-corrected chi connectivity index (χ3v) is 6.67. The molecule has 0 unspecified atom stereocenters. The fourth-order valence-electron chi connectivity index (χ4n) is 3.41. The number of nitrogens with one attached hydrogen (secondary N) is 1. The molecule has 6 heteroatoms. The second-order valence-corrected chi connectivity index (χ2v) is 8.64. The van der Waals surface area contributed by atoms with Crippen molar-refractivity contribution in [1.29, 1.82) is 0 Å². The molecule has 3 aromatic carbocycles. The Morgan fingerprint density at radius 3 is 2.41 bits per heavy atom. The van der Waals surface area contributed by atoms with Gasteiger partial charge in [-0.1, -0.05) is 36.4 Å². The first-order chi connectivity index (χ1) is 13.0. The van der Waals surface area contributed by atoms with E-state index in [2.05, 4.69) is 5.32 Å². The van der Waals surface area contributed by atoms with Crippen LogP contribution in [0.25, 0.3) is 10.8 Å². The van der Waals surface area contributed by atoms with Crippen LogP contribution >= 0.6 is 0 Å². The summed E-state index contributed by atoms with van der Waals surface area (Å²) in [5.74, 6) is -0.00261. The van der Waals surface area contributed by atoms with Crippen molar-refractivity contribution in [1.82, 2.24) is 0 Å². The molecule has 1 amide bonds. The lowest BCUT2D eigenvalue weighted by molar-refractivity contribution is 0.102. The minimum atomic E-state index is -3.23. The van der Waals surface area contributed by atoms with Crippen LogP contribution in [0.2, 0.25) is 0 Å². The number of benzene rings is 3. The number of carbonyl (C=O) groups is 1. The number of anilines is 2. The summed E-state index contributed by atoms with van der Waals surface area (Å²) in [7, 11) is -3.23. The standard InChI is InChI=1S/C21H20N2O3S/c24-21(20-9-5-7-16-6-1-2-8-19(16)20)22-17-10-12-18(13-11-17)23-14-3-4-15-27(23,25)26/h1-2,5-13H,3-4,14-15H2,(H,22,24). The molecule has 3 aromatic rings. The second-order valence-electron chi connectivity index (χ2n) is 6.62. The molecule has 0 aliphatic carbocycles. The lowest BCUT2D eigenvalue weighted by atomic mass is 10.0. The number of rotatable bonds is 3. The number of hydrogen-bond donors (Lipinski definition) is 1. The van der Waals surface area contributed by atoms with Gasteiger partial charge < -0.3 is 5.32 Å². The predicted octanol–water partition coefficient (Wildman–Crippen LogP) is 4.02. The normalized spacial score (nSPS) is 16.2. The van der Waals surface area contributed by atoms with Crippen molar-refractivity contribution in [3.63, 3.8) is 0 Å². The van der Waals surface area contributed by atoms with E-state index in [9.17, 15) is 13.2 Å². The summed E-state index contributed by atoms with van der Waals surface area (Å²) in [6.07, 6.45) is 1.57. The number of carbonyl (C=O) groups excluding carboxylic acids is 1. The molecule has 4 rings (SSSR count). The van der Waals surface area contributed by atoms with Crippen molar-refractivity contribution in [2.24, 2.45) is 0 Å². The molecule has 1 N–H and O–H groups in total. The first kappa shape index (κ1) is 17.5. The molecular formula is C21H20N2O3S. The van der Waals surface area contributed by atoms with Crippen LogP contribution in [-0.2, 0) is 10.0 Å². The molecular weight excluding hydrogens is 360 g/mol. The van der Waals surface area contributed by atoms with Gasteiger partial charge in [0, 0.05) is 17.8 Å². The van der Waals surface area contributed by atoms with Gasteiger partial charge in [-0.2, -0.15) is 0 Å². The van der Waals surface area contributed by atoms with Gasteiger partial charge in [0.15, 0.2) is 0 Å². The highest BCUT2D eigenvalue weighted by Crippen LogP contribution is 2.25. The van der Waals surface area contributed by atoms with E-state index in [1.807, 2.05) is 36.4 Å². The minimum absolute atomic E-state index is 0.187. The highest BCUT2D eigenvalue weighted by atomic mass is 32.2. The van der Waals surface area contributed by atoms with Crippen molar-refractivity contribution in [2.75, 3.05) is 21.9 Å². The fraction of sp³-hybridized carbons (Fsp3) is 0.190. The Morgan fingerprint density at radius 2 is 1.63 bits per heavy atom. The van der Waals surface area contributed by atoms with E-state index < -0.39 is 10.0 Å². The zero-order valence-electron chi connectivity index (χ0n) is 14.8. The maximum absolute atomic E-state index is 12.7. The highest BCUT2D eigenvalue weighted by Gasteiger charge is 2.25. The van der Waals surface area contributed by atoms with Crippen LogP contribution in [0.1, 0.15) is 23.2 Å². The van der Waals surface area contributed by atoms with Gasteiger partial charge in [-0.3, -0.25) is 9.10 Å². The molecule has 1 aliphatic rings. The maximum Gasteiger partial charge on any atom is 0.256 e. The zero-order valence-corrected chi connectivity index (χ0v) is 15.6. The van der Waals surface area contributed by atoms with Crippen molar-refractivity contribution in [3.05, 3.63) is 72.3 Å². The summed E-state index contributed by atoms with van der Waals surface area (Å²) in [6.45, 7) is 0.504. The SMILES string of the molecule is O=C(Nc1ccc(N2CCCCS2(=O)=O)cc1)c1cccc2ccccc12. The predicted molar refractivity (Wildman–Crippen MR) is 109 cm³/mol. The quantitative estimate of drug-likeness (QED) is 0.746. The Morgan fingerprint density at radius 1 is 0.889 bits per heavy atom. The molecule has 5 nitrogen and oxygen atoms in total. The van der Waals surface area contributed by atoms with Gasteiger partial charge in [0.25, 0.3) is 5.91 Å². The van der Waals surface area contributed by atoms with Gasteiger partial charge in [0.1, 0.15) is 0 Å². The molecule has 1 aliphatic heterocycles. The van der Waals surface area contributed by atoms with Crippen LogP contribution in [-0.4, -0.2) is 26.6 Å². The van der Waals surface area contributed by atoms with Gasteiger partial charge in [-0.05, 0) is 53.9 Å². The summed E-state index contributed by atoms with van der Waals surface area (Å²) >= 11 is 0. The first-order valence-electron chi connectivity index (χ1n) is 8.94. The lowest BCUT2D eigenvalue weighted by Crippen LogP contribution is -2.37. The molecule has 0 aromatic heterocycles. The molecule has 0 spiro atoms. The van der Waals surface area contributed by atoms with Crippen LogP contribution in [0.5, 0.6) is 0 Å². The molecule has 0 radical (unpaired) electrons. The largest absolute Gasteiger partial charge is 0.322 e. The van der Waals surface area contributed by atoms with Gasteiger partial charge in [0.05, 0.1) is 11.4 Å². The number of hydrogen-bond acceptors (Lipinski definition) is 3. The fourth-order valence-corrected chi connectivity index (χ4v) is 5.05. The summed E-state index contributed by atoms with van der Waals surface area (Å²) in [6, 6.07) is 20.3. The number of nitrogens with zero attached hydrogens (tertiary/aromatic N) is 1. The summed E-state index contributed by atoms with van der Waals surface area (Å²) in [5.41, 5.74) is 1.87. The van der Waals surface area contributed by atoms with Gasteiger partial charge >= 0.3 is 0 Å². The third-order valence-electron chi connectivity index (χ3n) is 4.80. The van der Waals surface area contributed by atoms with Gasteiger partial charge in [-0.25, -0.2) is 8.42 Å². The Kier molecular flexibility index (Phi) is 4.58. The van der Waals surface area contributed by atoms with E-state index >= 15 is 0 Å². The average Bonchev–Trinajstić information content (AvgIpc) is 2.68.